The lowest BCUT2D eigenvalue weighted by molar-refractivity contribution is -0.126. The predicted molar refractivity (Wildman–Crippen MR) is 101 cm³/mol. The summed E-state index contributed by atoms with van der Waals surface area (Å²) >= 11 is 0. The van der Waals surface area contributed by atoms with Crippen LogP contribution < -0.4 is 4.90 Å². The Morgan fingerprint density at radius 1 is 1.19 bits per heavy atom. The third-order valence-corrected chi connectivity index (χ3v) is 4.82. The number of hydrogen-bond acceptors (Lipinski definition) is 3. The van der Waals surface area contributed by atoms with Gasteiger partial charge in [0, 0.05) is 31.9 Å². The Labute approximate surface area is 152 Å². The molecule has 1 aliphatic rings. The van der Waals surface area contributed by atoms with Gasteiger partial charge >= 0.3 is 0 Å². The normalized spacial score (nSPS) is 14.3. The van der Waals surface area contributed by atoms with Crippen LogP contribution in [0, 0.1) is 0 Å². The van der Waals surface area contributed by atoms with Crippen LogP contribution >= 0.6 is 0 Å². The van der Waals surface area contributed by atoms with Crippen LogP contribution in [-0.4, -0.2) is 33.4 Å². The standard InChI is InChI=1S/C21H21N3O2/c1-23-14-15(13-22-23)11-20(25)21(26)24-10-9-18-12-17(7-8-19(18)24)16-5-3-2-4-6-16/h2-8,12-14,20,25H,9-11H2,1H3. The van der Waals surface area contributed by atoms with E-state index in [9.17, 15) is 9.90 Å². The number of rotatable bonds is 4. The van der Waals surface area contributed by atoms with Gasteiger partial charge in [-0.15, -0.1) is 0 Å². The first-order valence-corrected chi connectivity index (χ1v) is 8.77. The highest BCUT2D eigenvalue weighted by atomic mass is 16.3. The van der Waals surface area contributed by atoms with Crippen molar-refractivity contribution in [3.63, 3.8) is 0 Å². The number of aliphatic hydroxyl groups excluding tert-OH is 1. The summed E-state index contributed by atoms with van der Waals surface area (Å²) in [7, 11) is 1.82. The summed E-state index contributed by atoms with van der Waals surface area (Å²) in [5, 5.41) is 14.5. The Morgan fingerprint density at radius 2 is 2.00 bits per heavy atom. The Hall–Kier alpha value is -2.92. The van der Waals surface area contributed by atoms with Gasteiger partial charge in [0.15, 0.2) is 0 Å². The number of aryl methyl sites for hydroxylation is 1. The van der Waals surface area contributed by atoms with Crippen molar-refractivity contribution < 1.29 is 9.90 Å². The molecule has 1 unspecified atom stereocenters. The molecule has 0 saturated carbocycles. The molecule has 132 valence electrons. The second-order valence-corrected chi connectivity index (χ2v) is 6.69. The van der Waals surface area contributed by atoms with Crippen LogP contribution in [0.1, 0.15) is 11.1 Å². The van der Waals surface area contributed by atoms with Gasteiger partial charge in [0.05, 0.1) is 6.20 Å². The minimum Gasteiger partial charge on any atom is -0.383 e. The van der Waals surface area contributed by atoms with E-state index in [2.05, 4.69) is 23.3 Å². The van der Waals surface area contributed by atoms with Crippen molar-refractivity contribution in [2.75, 3.05) is 11.4 Å². The molecular formula is C21H21N3O2. The smallest absolute Gasteiger partial charge is 0.256 e. The zero-order valence-corrected chi connectivity index (χ0v) is 14.7. The number of anilines is 1. The van der Waals surface area contributed by atoms with Crippen LogP contribution in [0.15, 0.2) is 60.9 Å². The average molecular weight is 347 g/mol. The lowest BCUT2D eigenvalue weighted by Crippen LogP contribution is -2.39. The van der Waals surface area contributed by atoms with Gasteiger partial charge in [-0.2, -0.15) is 5.10 Å². The summed E-state index contributed by atoms with van der Waals surface area (Å²) < 4.78 is 1.67. The summed E-state index contributed by atoms with van der Waals surface area (Å²) in [6.07, 6.45) is 3.53. The second kappa shape index (κ2) is 6.77. The summed E-state index contributed by atoms with van der Waals surface area (Å²) in [5.74, 6) is -0.250. The zero-order chi connectivity index (χ0) is 18.1. The number of fused-ring (bicyclic) bond motifs is 1. The molecule has 1 aromatic heterocycles. The van der Waals surface area contributed by atoms with Crippen LogP contribution in [0.4, 0.5) is 5.69 Å². The third kappa shape index (κ3) is 3.13. The van der Waals surface area contributed by atoms with Crippen molar-refractivity contribution in [3.8, 4) is 11.1 Å². The van der Waals surface area contributed by atoms with E-state index in [1.807, 2.05) is 43.6 Å². The first-order valence-electron chi connectivity index (χ1n) is 8.77. The van der Waals surface area contributed by atoms with E-state index in [0.29, 0.717) is 6.54 Å². The molecule has 5 heteroatoms. The number of nitrogens with zero attached hydrogens (tertiary/aromatic N) is 3. The Kier molecular flexibility index (Phi) is 4.31. The molecule has 0 radical (unpaired) electrons. The van der Waals surface area contributed by atoms with Gasteiger partial charge < -0.3 is 10.0 Å². The van der Waals surface area contributed by atoms with E-state index in [1.54, 1.807) is 15.8 Å². The lowest BCUT2D eigenvalue weighted by Gasteiger charge is -2.21. The van der Waals surface area contributed by atoms with Gasteiger partial charge in [-0.05, 0) is 40.8 Å². The molecule has 0 bridgehead atoms. The van der Waals surface area contributed by atoms with Gasteiger partial charge in [0.2, 0.25) is 0 Å². The molecule has 5 nitrogen and oxygen atoms in total. The van der Waals surface area contributed by atoms with Gasteiger partial charge in [0.1, 0.15) is 6.10 Å². The molecule has 4 rings (SSSR count). The van der Waals surface area contributed by atoms with E-state index < -0.39 is 6.10 Å². The first-order chi connectivity index (χ1) is 12.6. The predicted octanol–water partition coefficient (Wildman–Crippen LogP) is 2.58. The van der Waals surface area contributed by atoms with E-state index in [-0.39, 0.29) is 12.3 Å². The number of carbonyl (C=O) groups excluding carboxylic acids is 1. The second-order valence-electron chi connectivity index (χ2n) is 6.69. The molecule has 2 aromatic carbocycles. The Morgan fingerprint density at radius 3 is 2.73 bits per heavy atom. The van der Waals surface area contributed by atoms with E-state index in [4.69, 9.17) is 0 Å². The highest BCUT2D eigenvalue weighted by molar-refractivity contribution is 5.98. The molecule has 1 amide bonds. The quantitative estimate of drug-likeness (QED) is 0.789. The molecule has 0 saturated heterocycles. The van der Waals surface area contributed by atoms with Crippen molar-refractivity contribution in [2.24, 2.45) is 7.05 Å². The van der Waals surface area contributed by atoms with Crippen molar-refractivity contribution in [3.05, 3.63) is 72.1 Å². The number of benzene rings is 2. The summed E-state index contributed by atoms with van der Waals surface area (Å²) in [6.45, 7) is 0.608. The van der Waals surface area contributed by atoms with Crippen LogP contribution in [0.25, 0.3) is 11.1 Å². The van der Waals surface area contributed by atoms with Gasteiger partial charge in [-0.1, -0.05) is 36.4 Å². The number of aliphatic hydroxyl groups is 1. The van der Waals surface area contributed by atoms with Gasteiger partial charge in [-0.3, -0.25) is 9.48 Å². The average Bonchev–Trinajstić information content (AvgIpc) is 3.27. The monoisotopic (exact) mass is 347 g/mol. The highest BCUT2D eigenvalue weighted by Crippen LogP contribution is 2.32. The van der Waals surface area contributed by atoms with Crippen LogP contribution in [0.5, 0.6) is 0 Å². The maximum absolute atomic E-state index is 12.7. The molecule has 1 aliphatic heterocycles. The molecular weight excluding hydrogens is 326 g/mol. The molecule has 0 spiro atoms. The molecule has 2 heterocycles. The molecule has 0 aliphatic carbocycles. The van der Waals surface area contributed by atoms with Crippen molar-refractivity contribution >= 4 is 11.6 Å². The number of aromatic nitrogens is 2. The maximum Gasteiger partial charge on any atom is 0.256 e. The van der Waals surface area contributed by atoms with Crippen molar-refractivity contribution in [1.82, 2.24) is 9.78 Å². The topological polar surface area (TPSA) is 58.4 Å². The first kappa shape index (κ1) is 16.5. The highest BCUT2D eigenvalue weighted by Gasteiger charge is 2.29. The van der Waals surface area contributed by atoms with Crippen molar-refractivity contribution in [1.29, 1.82) is 0 Å². The minimum absolute atomic E-state index is 0.250. The maximum atomic E-state index is 12.7. The van der Waals surface area contributed by atoms with E-state index >= 15 is 0 Å². The fourth-order valence-corrected chi connectivity index (χ4v) is 3.51. The van der Waals surface area contributed by atoms with Crippen LogP contribution in [0.2, 0.25) is 0 Å². The summed E-state index contributed by atoms with van der Waals surface area (Å²) in [5.41, 5.74) is 5.21. The largest absolute Gasteiger partial charge is 0.383 e. The minimum atomic E-state index is -1.06. The number of carbonyl (C=O) groups is 1. The summed E-state index contributed by atoms with van der Waals surface area (Å²) in [6, 6.07) is 16.4. The van der Waals surface area contributed by atoms with Crippen LogP contribution in [-0.2, 0) is 24.7 Å². The fraction of sp³-hybridized carbons (Fsp3) is 0.238. The SMILES string of the molecule is Cn1cc(CC(O)C(=O)N2CCc3cc(-c4ccccc4)ccc32)cn1. The summed E-state index contributed by atoms with van der Waals surface area (Å²) in [4.78, 5) is 14.4. The third-order valence-electron chi connectivity index (χ3n) is 4.82. The number of hydrogen-bond donors (Lipinski definition) is 1. The Bertz CT molecular complexity index is 933. The number of amides is 1. The van der Waals surface area contributed by atoms with Crippen molar-refractivity contribution in [2.45, 2.75) is 18.9 Å². The lowest BCUT2D eigenvalue weighted by atomic mass is 10.0. The van der Waals surface area contributed by atoms with Gasteiger partial charge in [0.25, 0.3) is 5.91 Å². The molecule has 1 N–H and O–H groups in total. The fourth-order valence-electron chi connectivity index (χ4n) is 3.51. The molecule has 0 fully saturated rings. The van der Waals surface area contributed by atoms with E-state index in [0.717, 1.165) is 34.4 Å². The van der Waals surface area contributed by atoms with E-state index in [1.165, 1.54) is 0 Å². The molecule has 3 aromatic rings. The zero-order valence-electron chi connectivity index (χ0n) is 14.7. The molecule has 26 heavy (non-hydrogen) atoms. The van der Waals surface area contributed by atoms with Gasteiger partial charge in [-0.25, -0.2) is 0 Å². The Balaban J connectivity index is 1.53. The van der Waals surface area contributed by atoms with Crippen LogP contribution in [0.3, 0.4) is 0 Å². The molecule has 1 atom stereocenters.